The fraction of sp³-hybridized carbons (Fsp3) is 0.174. The quantitative estimate of drug-likeness (QED) is 0.601. The Labute approximate surface area is 175 Å². The number of nitrogens with zero attached hydrogens (tertiary/aromatic N) is 1. The monoisotopic (exact) mass is 405 g/mol. The van der Waals surface area contributed by atoms with Crippen molar-refractivity contribution in [3.63, 3.8) is 0 Å². The van der Waals surface area contributed by atoms with Gasteiger partial charge in [0, 0.05) is 24.6 Å². The molecule has 2 aromatic carbocycles. The molecule has 0 atom stereocenters. The summed E-state index contributed by atoms with van der Waals surface area (Å²) in [5.41, 5.74) is 2.84. The fourth-order valence-electron chi connectivity index (χ4n) is 2.92. The van der Waals surface area contributed by atoms with Crippen molar-refractivity contribution < 1.29 is 19.1 Å². The third-order valence-electron chi connectivity index (χ3n) is 4.40. The lowest BCUT2D eigenvalue weighted by atomic mass is 10.1. The number of hydrogen-bond acceptors (Lipinski definition) is 5. The molecule has 0 spiro atoms. The van der Waals surface area contributed by atoms with Gasteiger partial charge in [-0.25, -0.2) is 0 Å². The van der Waals surface area contributed by atoms with Crippen LogP contribution >= 0.6 is 0 Å². The second kappa shape index (κ2) is 10.1. The van der Waals surface area contributed by atoms with Crippen LogP contribution in [0.5, 0.6) is 11.5 Å². The highest BCUT2D eigenvalue weighted by Gasteiger charge is 2.10. The molecule has 0 aliphatic heterocycles. The van der Waals surface area contributed by atoms with Gasteiger partial charge < -0.3 is 20.1 Å². The van der Waals surface area contributed by atoms with E-state index in [1.54, 1.807) is 50.7 Å². The molecule has 2 N–H and O–H groups in total. The lowest BCUT2D eigenvalue weighted by molar-refractivity contribution is -0.115. The number of pyridine rings is 1. The van der Waals surface area contributed by atoms with E-state index in [1.165, 1.54) is 6.20 Å². The number of carbonyl (C=O) groups is 2. The summed E-state index contributed by atoms with van der Waals surface area (Å²) in [7, 11) is 3.12. The van der Waals surface area contributed by atoms with Crippen LogP contribution in [-0.4, -0.2) is 31.0 Å². The van der Waals surface area contributed by atoms with Crippen molar-refractivity contribution in [1.29, 1.82) is 0 Å². The number of hydrogen-bond donors (Lipinski definition) is 2. The Bertz CT molecular complexity index is 1020. The average molecular weight is 405 g/mol. The summed E-state index contributed by atoms with van der Waals surface area (Å²) < 4.78 is 10.5. The van der Waals surface area contributed by atoms with E-state index < -0.39 is 0 Å². The van der Waals surface area contributed by atoms with E-state index >= 15 is 0 Å². The number of carbonyl (C=O) groups excluding carboxylic acids is 2. The highest BCUT2D eigenvalue weighted by atomic mass is 16.5. The second-order valence-electron chi connectivity index (χ2n) is 6.54. The number of rotatable bonds is 8. The molecule has 0 radical (unpaired) electrons. The maximum atomic E-state index is 12.4. The molecule has 0 saturated carbocycles. The van der Waals surface area contributed by atoms with Crippen molar-refractivity contribution in [1.82, 2.24) is 10.3 Å². The predicted molar refractivity (Wildman–Crippen MR) is 114 cm³/mol. The van der Waals surface area contributed by atoms with Crippen LogP contribution in [-0.2, 0) is 17.8 Å². The van der Waals surface area contributed by atoms with E-state index in [9.17, 15) is 9.59 Å². The molecule has 7 nitrogen and oxygen atoms in total. The predicted octanol–water partition coefficient (Wildman–Crippen LogP) is 3.21. The van der Waals surface area contributed by atoms with Crippen LogP contribution in [0.25, 0.3) is 0 Å². The van der Waals surface area contributed by atoms with E-state index in [2.05, 4.69) is 15.6 Å². The minimum atomic E-state index is -0.203. The van der Waals surface area contributed by atoms with Crippen LogP contribution in [0.15, 0.2) is 67.0 Å². The lowest BCUT2D eigenvalue weighted by Gasteiger charge is -2.11. The molecule has 0 unspecified atom stereocenters. The Morgan fingerprint density at radius 2 is 1.77 bits per heavy atom. The molecule has 0 saturated heterocycles. The summed E-state index contributed by atoms with van der Waals surface area (Å²) in [6.07, 6.45) is 3.33. The van der Waals surface area contributed by atoms with Crippen molar-refractivity contribution >= 4 is 17.5 Å². The van der Waals surface area contributed by atoms with Gasteiger partial charge in [0.25, 0.3) is 5.91 Å². The molecule has 0 aliphatic rings. The van der Waals surface area contributed by atoms with Crippen LogP contribution in [0.1, 0.15) is 21.5 Å². The van der Waals surface area contributed by atoms with Crippen LogP contribution in [0, 0.1) is 0 Å². The van der Waals surface area contributed by atoms with Gasteiger partial charge in [0.05, 0.1) is 26.2 Å². The molecule has 7 heteroatoms. The summed E-state index contributed by atoms with van der Waals surface area (Å²) >= 11 is 0. The number of benzene rings is 2. The zero-order valence-electron chi connectivity index (χ0n) is 16.8. The lowest BCUT2D eigenvalue weighted by Crippen LogP contribution is -2.23. The SMILES string of the molecule is COc1ccc(CC(=O)Nc2cccc(CNC(=O)c3cccnc3)c2)cc1OC. The van der Waals surface area contributed by atoms with E-state index in [-0.39, 0.29) is 18.2 Å². The Hall–Kier alpha value is -3.87. The first kappa shape index (κ1) is 20.9. The Morgan fingerprint density at radius 1 is 0.933 bits per heavy atom. The van der Waals surface area contributed by atoms with Gasteiger partial charge in [-0.05, 0) is 47.5 Å². The third kappa shape index (κ3) is 5.57. The minimum Gasteiger partial charge on any atom is -0.493 e. The molecule has 3 aromatic rings. The summed E-state index contributed by atoms with van der Waals surface area (Å²) in [5.74, 6) is 0.835. The van der Waals surface area contributed by atoms with Gasteiger partial charge in [-0.1, -0.05) is 18.2 Å². The topological polar surface area (TPSA) is 89.6 Å². The minimum absolute atomic E-state index is 0.154. The highest BCUT2D eigenvalue weighted by molar-refractivity contribution is 5.94. The van der Waals surface area contributed by atoms with Crippen LogP contribution in [0.2, 0.25) is 0 Å². The van der Waals surface area contributed by atoms with Crippen molar-refractivity contribution in [3.8, 4) is 11.5 Å². The first-order valence-electron chi connectivity index (χ1n) is 9.37. The number of methoxy groups -OCH3 is 2. The van der Waals surface area contributed by atoms with E-state index in [1.807, 2.05) is 24.3 Å². The Balaban J connectivity index is 1.58. The fourth-order valence-corrected chi connectivity index (χ4v) is 2.92. The van der Waals surface area contributed by atoms with Gasteiger partial charge in [-0.15, -0.1) is 0 Å². The van der Waals surface area contributed by atoms with Crippen molar-refractivity contribution in [2.45, 2.75) is 13.0 Å². The Morgan fingerprint density at radius 3 is 2.50 bits per heavy atom. The van der Waals surface area contributed by atoms with E-state index in [0.717, 1.165) is 11.1 Å². The van der Waals surface area contributed by atoms with Crippen molar-refractivity contribution in [2.75, 3.05) is 19.5 Å². The van der Waals surface area contributed by atoms with Gasteiger partial charge in [-0.2, -0.15) is 0 Å². The van der Waals surface area contributed by atoms with Crippen molar-refractivity contribution in [3.05, 3.63) is 83.7 Å². The van der Waals surface area contributed by atoms with Gasteiger partial charge in [0.15, 0.2) is 11.5 Å². The normalized spacial score (nSPS) is 10.2. The molecule has 30 heavy (non-hydrogen) atoms. The van der Waals surface area contributed by atoms with Gasteiger partial charge in [0.1, 0.15) is 0 Å². The number of amides is 2. The summed E-state index contributed by atoms with van der Waals surface area (Å²) in [4.78, 5) is 28.5. The van der Waals surface area contributed by atoms with Crippen LogP contribution in [0.4, 0.5) is 5.69 Å². The third-order valence-corrected chi connectivity index (χ3v) is 4.40. The molecule has 0 bridgehead atoms. The molecular weight excluding hydrogens is 382 g/mol. The maximum Gasteiger partial charge on any atom is 0.253 e. The van der Waals surface area contributed by atoms with E-state index in [4.69, 9.17) is 9.47 Å². The van der Waals surface area contributed by atoms with Gasteiger partial charge in [-0.3, -0.25) is 14.6 Å². The number of ether oxygens (including phenoxy) is 2. The summed E-state index contributed by atoms with van der Waals surface area (Å²) in [6, 6.07) is 16.1. The molecule has 1 heterocycles. The smallest absolute Gasteiger partial charge is 0.253 e. The molecule has 0 fully saturated rings. The average Bonchev–Trinajstić information content (AvgIpc) is 2.78. The van der Waals surface area contributed by atoms with Crippen LogP contribution < -0.4 is 20.1 Å². The zero-order chi connectivity index (χ0) is 21.3. The molecule has 1 aromatic heterocycles. The molecule has 0 aliphatic carbocycles. The molecule has 2 amide bonds. The maximum absolute atomic E-state index is 12.4. The summed E-state index contributed by atoms with van der Waals surface area (Å²) in [6.45, 7) is 0.340. The number of nitrogens with one attached hydrogen (secondary N) is 2. The van der Waals surface area contributed by atoms with Crippen molar-refractivity contribution in [2.24, 2.45) is 0 Å². The number of anilines is 1. The standard InChI is InChI=1S/C23H23N3O4/c1-29-20-9-8-16(12-21(20)30-2)13-22(27)26-19-7-3-5-17(11-19)14-25-23(28)18-6-4-10-24-15-18/h3-12,15H,13-14H2,1-2H3,(H,25,28)(H,26,27). The molecular formula is C23H23N3O4. The van der Waals surface area contributed by atoms with Gasteiger partial charge >= 0.3 is 0 Å². The molecule has 154 valence electrons. The highest BCUT2D eigenvalue weighted by Crippen LogP contribution is 2.27. The second-order valence-corrected chi connectivity index (χ2v) is 6.54. The Kier molecular flexibility index (Phi) is 7.00. The van der Waals surface area contributed by atoms with Crippen LogP contribution in [0.3, 0.4) is 0 Å². The largest absolute Gasteiger partial charge is 0.493 e. The zero-order valence-corrected chi connectivity index (χ0v) is 16.8. The first-order chi connectivity index (χ1) is 14.6. The number of aromatic nitrogens is 1. The summed E-state index contributed by atoms with van der Waals surface area (Å²) in [5, 5.41) is 5.72. The molecule has 3 rings (SSSR count). The van der Waals surface area contributed by atoms with E-state index in [0.29, 0.717) is 29.3 Å². The first-order valence-corrected chi connectivity index (χ1v) is 9.37. The van der Waals surface area contributed by atoms with Gasteiger partial charge in [0.2, 0.25) is 5.91 Å².